The van der Waals surface area contributed by atoms with Gasteiger partial charge in [-0.3, -0.25) is 0 Å². The molecule has 1 fully saturated rings. The van der Waals surface area contributed by atoms with Crippen LogP contribution in [0.25, 0.3) is 0 Å². The fraction of sp³-hybridized carbons (Fsp3) is 0.833. The maximum absolute atomic E-state index is 10.0. The number of hydrogen-bond acceptors (Lipinski definition) is 9. The summed E-state index contributed by atoms with van der Waals surface area (Å²) in [6, 6.07) is 0. The third-order valence-electron chi connectivity index (χ3n) is 2.96. The lowest BCUT2D eigenvalue weighted by atomic mass is 9.98. The second-order valence-electron chi connectivity index (χ2n) is 4.69. The predicted molar refractivity (Wildman–Crippen MR) is 67.9 cm³/mol. The van der Waals surface area contributed by atoms with E-state index in [0.717, 1.165) is 0 Å². The normalized spacial score (nSPS) is 38.2. The Bertz CT molecular complexity index is 324. The van der Waals surface area contributed by atoms with Crippen LogP contribution in [0.3, 0.4) is 0 Å². The van der Waals surface area contributed by atoms with Gasteiger partial charge in [0.1, 0.15) is 24.4 Å². The third kappa shape index (κ3) is 4.68. The molecule has 1 heterocycles. The summed E-state index contributed by atoms with van der Waals surface area (Å²) in [5.41, 5.74) is 0. The Morgan fingerprint density at radius 3 is 2.48 bits per heavy atom. The molecule has 0 aliphatic carbocycles. The van der Waals surface area contributed by atoms with Crippen molar-refractivity contribution in [1.82, 2.24) is 0 Å². The van der Waals surface area contributed by atoms with Gasteiger partial charge in [0, 0.05) is 0 Å². The van der Waals surface area contributed by atoms with Crippen LogP contribution in [-0.4, -0.2) is 93.6 Å². The molecule has 0 aromatic rings. The summed E-state index contributed by atoms with van der Waals surface area (Å²) < 4.78 is 14.7. The summed E-state index contributed by atoms with van der Waals surface area (Å²) in [4.78, 5) is 0. The smallest absolute Gasteiger partial charge is 0.311 e. The van der Waals surface area contributed by atoms with Gasteiger partial charge in [0.05, 0.1) is 26.4 Å². The first kappa shape index (κ1) is 18.4. The van der Waals surface area contributed by atoms with Crippen LogP contribution in [0.5, 0.6) is 0 Å². The van der Waals surface area contributed by atoms with Gasteiger partial charge in [-0.05, 0) is 0 Å². The van der Waals surface area contributed by atoms with E-state index in [9.17, 15) is 25.5 Å². The van der Waals surface area contributed by atoms with Gasteiger partial charge >= 0.3 is 5.97 Å². The first-order valence-electron chi connectivity index (χ1n) is 6.41. The predicted octanol–water partition coefficient (Wildman–Crippen LogP) is -3.31. The van der Waals surface area contributed by atoms with Crippen LogP contribution in [0.2, 0.25) is 0 Å². The van der Waals surface area contributed by atoms with Crippen LogP contribution in [0.1, 0.15) is 0 Å². The second-order valence-corrected chi connectivity index (χ2v) is 4.69. The molecule has 2 unspecified atom stereocenters. The Morgan fingerprint density at radius 2 is 1.90 bits per heavy atom. The average molecular weight is 310 g/mol. The molecule has 0 radical (unpaired) electrons. The van der Waals surface area contributed by atoms with E-state index in [4.69, 9.17) is 19.3 Å². The molecule has 1 aliphatic heterocycles. The van der Waals surface area contributed by atoms with Gasteiger partial charge in [0.25, 0.3) is 0 Å². The third-order valence-corrected chi connectivity index (χ3v) is 2.96. The molecule has 1 aliphatic rings. The fourth-order valence-corrected chi connectivity index (χ4v) is 1.79. The van der Waals surface area contributed by atoms with Crippen molar-refractivity contribution in [3.8, 4) is 0 Å². The summed E-state index contributed by atoms with van der Waals surface area (Å²) in [6.07, 6.45) is -6.33. The lowest BCUT2D eigenvalue weighted by Gasteiger charge is -2.44. The lowest BCUT2D eigenvalue weighted by molar-refractivity contribution is -0.451. The van der Waals surface area contributed by atoms with Crippen LogP contribution < -0.4 is 0 Å². The van der Waals surface area contributed by atoms with Crippen molar-refractivity contribution in [1.29, 1.82) is 0 Å². The molecule has 6 N–H and O–H groups in total. The molecule has 21 heavy (non-hydrogen) atoms. The van der Waals surface area contributed by atoms with E-state index in [1.165, 1.54) is 6.08 Å². The van der Waals surface area contributed by atoms with Gasteiger partial charge in [-0.15, -0.1) is 6.58 Å². The van der Waals surface area contributed by atoms with E-state index < -0.39 is 49.7 Å². The van der Waals surface area contributed by atoms with Crippen LogP contribution >= 0.6 is 0 Å². The van der Waals surface area contributed by atoms with Crippen molar-refractivity contribution in [2.45, 2.75) is 36.5 Å². The highest BCUT2D eigenvalue weighted by molar-refractivity contribution is 4.92. The Balaban J connectivity index is 2.56. The number of aliphatic hydroxyl groups is 6. The Hall–Kier alpha value is -0.620. The maximum Gasteiger partial charge on any atom is 0.311 e. The minimum absolute atomic E-state index is 0.104. The van der Waals surface area contributed by atoms with Crippen LogP contribution in [0.4, 0.5) is 0 Å². The van der Waals surface area contributed by atoms with Gasteiger partial charge in [-0.1, -0.05) is 6.08 Å². The Morgan fingerprint density at radius 1 is 1.24 bits per heavy atom. The highest BCUT2D eigenvalue weighted by Crippen LogP contribution is 2.29. The van der Waals surface area contributed by atoms with Crippen LogP contribution in [0, 0.1) is 0 Å². The molecule has 0 saturated carbocycles. The number of hydrogen-bond donors (Lipinski definition) is 6. The van der Waals surface area contributed by atoms with E-state index in [1.54, 1.807) is 0 Å². The summed E-state index contributed by atoms with van der Waals surface area (Å²) in [7, 11) is 0. The minimum atomic E-state index is -2.66. The first-order chi connectivity index (χ1) is 9.85. The summed E-state index contributed by atoms with van der Waals surface area (Å²) in [5, 5.41) is 57.4. The lowest BCUT2D eigenvalue weighted by Crippen LogP contribution is -2.66. The van der Waals surface area contributed by atoms with Crippen molar-refractivity contribution in [2.24, 2.45) is 0 Å². The van der Waals surface area contributed by atoms with Crippen molar-refractivity contribution in [2.75, 3.05) is 26.4 Å². The van der Waals surface area contributed by atoms with E-state index in [0.29, 0.717) is 0 Å². The summed E-state index contributed by atoms with van der Waals surface area (Å²) in [5.74, 6) is -2.66. The van der Waals surface area contributed by atoms with Gasteiger partial charge in [0.15, 0.2) is 6.10 Å². The van der Waals surface area contributed by atoms with Gasteiger partial charge < -0.3 is 44.8 Å². The molecule has 9 heteroatoms. The summed E-state index contributed by atoms with van der Waals surface area (Å²) in [6.45, 7) is 2.37. The maximum atomic E-state index is 10.0. The van der Waals surface area contributed by atoms with E-state index in [1.807, 2.05) is 0 Å². The van der Waals surface area contributed by atoms with Crippen molar-refractivity contribution >= 4 is 0 Å². The number of aliphatic hydroxyl groups excluding tert-OH is 5. The molecule has 0 aromatic heterocycles. The first-order valence-corrected chi connectivity index (χ1v) is 6.41. The van der Waals surface area contributed by atoms with Crippen molar-refractivity contribution in [3.63, 3.8) is 0 Å². The van der Waals surface area contributed by atoms with E-state index >= 15 is 0 Å². The molecule has 0 spiro atoms. The van der Waals surface area contributed by atoms with Crippen LogP contribution in [-0.2, 0) is 14.2 Å². The Kier molecular flexibility index (Phi) is 7.13. The van der Waals surface area contributed by atoms with Crippen LogP contribution in [0.15, 0.2) is 12.7 Å². The average Bonchev–Trinajstić information content (AvgIpc) is 2.47. The van der Waals surface area contributed by atoms with E-state index in [-0.39, 0.29) is 13.2 Å². The monoisotopic (exact) mass is 310 g/mol. The fourth-order valence-electron chi connectivity index (χ4n) is 1.79. The van der Waals surface area contributed by atoms with Crippen molar-refractivity contribution in [3.05, 3.63) is 12.7 Å². The topological polar surface area (TPSA) is 149 Å². The zero-order valence-electron chi connectivity index (χ0n) is 11.4. The molecule has 1 rings (SSSR count). The standard InChI is InChI=1S/C12H22O9/c1-2-3-19-5-7(14)6-20-12(18)11(17)10(16)9(15)8(4-13)21-12/h2,7-11,13-18H,1,3-6H2/t7?,8-,9-,10+,11-,12?/m1/s1. The molecule has 0 aromatic carbocycles. The number of rotatable bonds is 8. The molecular formula is C12H22O9. The molecular weight excluding hydrogens is 288 g/mol. The quantitative estimate of drug-likeness (QED) is 0.154. The zero-order valence-corrected chi connectivity index (χ0v) is 11.4. The molecule has 124 valence electrons. The highest BCUT2D eigenvalue weighted by atomic mass is 16.8. The highest BCUT2D eigenvalue weighted by Gasteiger charge is 2.54. The van der Waals surface area contributed by atoms with Crippen molar-refractivity contribution < 1.29 is 44.8 Å². The molecule has 0 amide bonds. The zero-order chi connectivity index (χ0) is 16.0. The Labute approximate surface area is 121 Å². The van der Waals surface area contributed by atoms with Gasteiger partial charge in [-0.25, -0.2) is 0 Å². The van der Waals surface area contributed by atoms with Gasteiger partial charge in [0.2, 0.25) is 0 Å². The molecule has 9 nitrogen and oxygen atoms in total. The van der Waals surface area contributed by atoms with E-state index in [2.05, 4.69) is 6.58 Å². The molecule has 1 saturated heterocycles. The second kappa shape index (κ2) is 8.13. The van der Waals surface area contributed by atoms with Gasteiger partial charge in [-0.2, -0.15) is 0 Å². The summed E-state index contributed by atoms with van der Waals surface area (Å²) >= 11 is 0. The molecule has 6 atom stereocenters. The largest absolute Gasteiger partial charge is 0.394 e. The SMILES string of the molecule is C=CCOCC(O)COC1(O)O[C@H](CO)[C@@H](O)[C@H](O)[C@H]1O. The number of ether oxygens (including phenoxy) is 3. The minimum Gasteiger partial charge on any atom is -0.394 e. The molecule has 0 bridgehead atoms.